The monoisotopic (exact) mass is 393 g/mol. The van der Waals surface area contributed by atoms with Gasteiger partial charge in [-0.15, -0.1) is 24.8 Å². The standard InChI is InChI=1S/C20H23N3O.2ClH/c21-10-9-20(23-13-11-22-12-14-23)18-7-4-8-19(15-18)24-16-17-5-2-1-3-6-17;;/h1-8,15,20,22H,9,11-14,16H2;2*1H/t20-;;/m1../s1. The van der Waals surface area contributed by atoms with Gasteiger partial charge in [0.15, 0.2) is 0 Å². The summed E-state index contributed by atoms with van der Waals surface area (Å²) in [5.74, 6) is 0.856. The van der Waals surface area contributed by atoms with Crippen LogP contribution in [0.5, 0.6) is 5.75 Å². The number of ether oxygens (including phenoxy) is 1. The number of nitrogens with one attached hydrogen (secondary N) is 1. The highest BCUT2D eigenvalue weighted by molar-refractivity contribution is 5.85. The van der Waals surface area contributed by atoms with E-state index in [2.05, 4.69) is 40.6 Å². The summed E-state index contributed by atoms with van der Waals surface area (Å²) < 4.78 is 5.93. The lowest BCUT2D eigenvalue weighted by Crippen LogP contribution is -2.45. The Balaban J connectivity index is 0.00000169. The predicted molar refractivity (Wildman–Crippen MR) is 109 cm³/mol. The number of nitrogens with zero attached hydrogens (tertiary/aromatic N) is 2. The SMILES string of the molecule is Cl.Cl.N#CC[C@H](c1cccc(OCc2ccccc2)c1)N1CCNCC1. The molecule has 1 saturated heterocycles. The first-order chi connectivity index (χ1) is 11.9. The zero-order valence-electron chi connectivity index (χ0n) is 14.6. The van der Waals surface area contributed by atoms with Gasteiger partial charge in [-0.1, -0.05) is 42.5 Å². The highest BCUT2D eigenvalue weighted by Gasteiger charge is 2.22. The lowest BCUT2D eigenvalue weighted by molar-refractivity contribution is 0.175. The van der Waals surface area contributed by atoms with E-state index < -0.39 is 0 Å². The molecular weight excluding hydrogens is 369 g/mol. The predicted octanol–water partition coefficient (Wildman–Crippen LogP) is 3.97. The van der Waals surface area contributed by atoms with Crippen LogP contribution in [-0.4, -0.2) is 31.1 Å². The Bertz CT molecular complexity index is 685. The second-order valence-electron chi connectivity index (χ2n) is 6.01. The van der Waals surface area contributed by atoms with E-state index in [9.17, 15) is 5.26 Å². The van der Waals surface area contributed by atoms with Crippen molar-refractivity contribution in [3.63, 3.8) is 0 Å². The van der Waals surface area contributed by atoms with Gasteiger partial charge in [0.25, 0.3) is 0 Å². The fourth-order valence-corrected chi connectivity index (χ4v) is 3.09. The van der Waals surface area contributed by atoms with Crippen LogP contribution in [0.2, 0.25) is 0 Å². The minimum absolute atomic E-state index is 0. The Hall–Kier alpha value is -1.77. The summed E-state index contributed by atoms with van der Waals surface area (Å²) in [6.45, 7) is 4.46. The second kappa shape index (κ2) is 11.8. The van der Waals surface area contributed by atoms with Gasteiger partial charge in [-0.3, -0.25) is 4.90 Å². The van der Waals surface area contributed by atoms with E-state index in [1.54, 1.807) is 0 Å². The molecule has 1 fully saturated rings. The Kier molecular flexibility index (Phi) is 10.1. The van der Waals surface area contributed by atoms with Gasteiger partial charge in [-0.05, 0) is 23.3 Å². The Morgan fingerprint density at radius 3 is 2.46 bits per heavy atom. The van der Waals surface area contributed by atoms with Crippen LogP contribution in [0.25, 0.3) is 0 Å². The molecule has 0 aromatic heterocycles. The topological polar surface area (TPSA) is 48.3 Å². The van der Waals surface area contributed by atoms with Crippen molar-refractivity contribution in [2.75, 3.05) is 26.2 Å². The Morgan fingerprint density at radius 1 is 1.04 bits per heavy atom. The molecule has 140 valence electrons. The molecule has 1 N–H and O–H groups in total. The first-order valence-corrected chi connectivity index (χ1v) is 8.45. The molecule has 0 saturated carbocycles. The maximum absolute atomic E-state index is 9.23. The van der Waals surface area contributed by atoms with Gasteiger partial charge >= 0.3 is 0 Å². The number of hydrogen-bond donors (Lipinski definition) is 1. The largest absolute Gasteiger partial charge is 0.489 e. The van der Waals surface area contributed by atoms with E-state index in [1.165, 1.54) is 0 Å². The number of halogens is 2. The third kappa shape index (κ3) is 6.19. The summed E-state index contributed by atoms with van der Waals surface area (Å²) in [6.07, 6.45) is 0.502. The van der Waals surface area contributed by atoms with Crippen LogP contribution in [0.3, 0.4) is 0 Å². The minimum Gasteiger partial charge on any atom is -0.489 e. The summed E-state index contributed by atoms with van der Waals surface area (Å²) >= 11 is 0. The van der Waals surface area contributed by atoms with Crippen LogP contribution in [0.1, 0.15) is 23.6 Å². The summed E-state index contributed by atoms with van der Waals surface area (Å²) in [7, 11) is 0. The van der Waals surface area contributed by atoms with Crippen LogP contribution in [0.4, 0.5) is 0 Å². The first-order valence-electron chi connectivity index (χ1n) is 8.45. The van der Waals surface area contributed by atoms with Gasteiger partial charge in [0, 0.05) is 32.2 Å². The zero-order valence-corrected chi connectivity index (χ0v) is 16.3. The van der Waals surface area contributed by atoms with Crippen LogP contribution in [-0.2, 0) is 6.61 Å². The lowest BCUT2D eigenvalue weighted by Gasteiger charge is -2.34. The van der Waals surface area contributed by atoms with Gasteiger partial charge < -0.3 is 10.1 Å². The summed E-state index contributed by atoms with van der Waals surface area (Å²) in [4.78, 5) is 2.38. The first kappa shape index (κ1) is 22.3. The third-order valence-corrected chi connectivity index (χ3v) is 4.37. The highest BCUT2D eigenvalue weighted by atomic mass is 35.5. The molecule has 0 aliphatic carbocycles. The number of hydrogen-bond acceptors (Lipinski definition) is 4. The molecule has 0 spiro atoms. The molecule has 1 aliphatic rings. The maximum atomic E-state index is 9.23. The molecule has 26 heavy (non-hydrogen) atoms. The smallest absolute Gasteiger partial charge is 0.120 e. The molecule has 0 amide bonds. The van der Waals surface area contributed by atoms with Crippen molar-refractivity contribution in [2.45, 2.75) is 19.1 Å². The van der Waals surface area contributed by atoms with Gasteiger partial charge in [0.1, 0.15) is 12.4 Å². The highest BCUT2D eigenvalue weighted by Crippen LogP contribution is 2.27. The average Bonchev–Trinajstić information content (AvgIpc) is 2.66. The summed E-state index contributed by atoms with van der Waals surface area (Å²) in [5.41, 5.74) is 2.31. The molecule has 4 nitrogen and oxygen atoms in total. The minimum atomic E-state index is 0. The van der Waals surface area contributed by atoms with Crippen molar-refractivity contribution in [1.29, 1.82) is 5.26 Å². The van der Waals surface area contributed by atoms with Crippen LogP contribution in [0, 0.1) is 11.3 Å². The van der Waals surface area contributed by atoms with E-state index in [1.807, 2.05) is 30.3 Å². The molecule has 1 atom stereocenters. The van der Waals surface area contributed by atoms with Gasteiger partial charge in [-0.25, -0.2) is 0 Å². The fourth-order valence-electron chi connectivity index (χ4n) is 3.09. The average molecular weight is 394 g/mol. The summed E-state index contributed by atoms with van der Waals surface area (Å²) in [5, 5.41) is 12.6. The summed E-state index contributed by atoms with van der Waals surface area (Å²) in [6, 6.07) is 20.8. The van der Waals surface area contributed by atoms with Crippen LogP contribution >= 0.6 is 24.8 Å². The van der Waals surface area contributed by atoms with Crippen LogP contribution < -0.4 is 10.1 Å². The normalized spacial score (nSPS) is 15.0. The molecule has 1 heterocycles. The molecule has 2 aromatic carbocycles. The Labute approximate surface area is 168 Å². The number of nitriles is 1. The molecule has 0 bridgehead atoms. The lowest BCUT2D eigenvalue weighted by atomic mass is 10.0. The van der Waals surface area contributed by atoms with E-state index in [0.29, 0.717) is 13.0 Å². The molecule has 6 heteroatoms. The van der Waals surface area contributed by atoms with Crippen molar-refractivity contribution >= 4 is 24.8 Å². The second-order valence-corrected chi connectivity index (χ2v) is 6.01. The van der Waals surface area contributed by atoms with Crippen molar-refractivity contribution in [2.24, 2.45) is 0 Å². The quantitative estimate of drug-likeness (QED) is 0.806. The third-order valence-electron chi connectivity index (χ3n) is 4.37. The van der Waals surface area contributed by atoms with Gasteiger partial charge in [0.2, 0.25) is 0 Å². The van der Waals surface area contributed by atoms with Gasteiger partial charge in [-0.2, -0.15) is 5.26 Å². The number of rotatable bonds is 6. The molecule has 0 radical (unpaired) electrons. The van der Waals surface area contributed by atoms with Crippen molar-refractivity contribution in [3.05, 3.63) is 65.7 Å². The molecule has 2 aromatic rings. The maximum Gasteiger partial charge on any atom is 0.120 e. The van der Waals surface area contributed by atoms with Crippen molar-refractivity contribution in [1.82, 2.24) is 10.2 Å². The molecular formula is C20H25Cl2N3O. The number of piperazine rings is 1. The van der Waals surface area contributed by atoms with E-state index in [0.717, 1.165) is 43.1 Å². The number of benzene rings is 2. The van der Waals surface area contributed by atoms with Crippen molar-refractivity contribution in [3.8, 4) is 11.8 Å². The Morgan fingerprint density at radius 2 is 1.77 bits per heavy atom. The zero-order chi connectivity index (χ0) is 16.6. The molecule has 0 unspecified atom stereocenters. The molecule has 3 rings (SSSR count). The fraction of sp³-hybridized carbons (Fsp3) is 0.350. The van der Waals surface area contributed by atoms with E-state index in [-0.39, 0.29) is 30.9 Å². The van der Waals surface area contributed by atoms with Gasteiger partial charge in [0.05, 0.1) is 12.5 Å². The van der Waals surface area contributed by atoms with Crippen LogP contribution in [0.15, 0.2) is 54.6 Å². The van der Waals surface area contributed by atoms with E-state index in [4.69, 9.17) is 4.74 Å². The van der Waals surface area contributed by atoms with E-state index >= 15 is 0 Å². The van der Waals surface area contributed by atoms with Crippen molar-refractivity contribution < 1.29 is 4.74 Å². The molecule has 1 aliphatic heterocycles.